The third kappa shape index (κ3) is 4.18. The van der Waals surface area contributed by atoms with Gasteiger partial charge in [-0.2, -0.15) is 0 Å². The highest BCUT2D eigenvalue weighted by atomic mass is 16.3. The maximum absolute atomic E-state index is 12.2. The molecule has 0 radical (unpaired) electrons. The van der Waals surface area contributed by atoms with Crippen LogP contribution < -0.4 is 5.32 Å². The van der Waals surface area contributed by atoms with Crippen LogP contribution in [0.25, 0.3) is 11.0 Å². The second-order valence-electron chi connectivity index (χ2n) is 10.8. The summed E-state index contributed by atoms with van der Waals surface area (Å²) in [6, 6.07) is 16.7. The Labute approximate surface area is 189 Å². The molecule has 0 spiro atoms. The highest BCUT2D eigenvalue weighted by molar-refractivity contribution is 5.91. The number of Topliss-reactive ketones (excluding diaryl/α,β-unsaturated/α-hetero) is 1. The van der Waals surface area contributed by atoms with Gasteiger partial charge in [0.05, 0.1) is 11.0 Å². The monoisotopic (exact) mass is 431 g/mol. The molecule has 2 aromatic carbocycles. The molecule has 0 unspecified atom stereocenters. The van der Waals surface area contributed by atoms with Gasteiger partial charge in [0.25, 0.3) is 0 Å². The number of imidazole rings is 1. The molecule has 168 valence electrons. The van der Waals surface area contributed by atoms with Crippen LogP contribution in [0.3, 0.4) is 0 Å². The summed E-state index contributed by atoms with van der Waals surface area (Å²) in [6.07, 6.45) is 5.02. The van der Waals surface area contributed by atoms with E-state index in [1.54, 1.807) is 0 Å². The Morgan fingerprint density at radius 3 is 2.53 bits per heavy atom. The number of carbonyl (C=O) groups is 1. The number of anilines is 2. The van der Waals surface area contributed by atoms with Crippen molar-refractivity contribution < 1.29 is 9.90 Å². The van der Waals surface area contributed by atoms with Crippen molar-refractivity contribution in [3.05, 3.63) is 54.1 Å². The van der Waals surface area contributed by atoms with E-state index >= 15 is 0 Å². The fourth-order valence-electron chi connectivity index (χ4n) is 5.58. The number of para-hydroxylation sites is 2. The Morgan fingerprint density at radius 2 is 1.84 bits per heavy atom. The maximum Gasteiger partial charge on any atom is 0.208 e. The number of benzene rings is 2. The van der Waals surface area contributed by atoms with Crippen molar-refractivity contribution in [1.82, 2.24) is 9.55 Å². The topological polar surface area (TPSA) is 67.2 Å². The second kappa shape index (κ2) is 7.73. The largest absolute Gasteiger partial charge is 0.382 e. The summed E-state index contributed by atoms with van der Waals surface area (Å²) in [6.45, 7) is 7.11. The van der Waals surface area contributed by atoms with Gasteiger partial charge in [0.15, 0.2) is 5.78 Å². The molecular formula is C27H33N3O2. The first-order valence-corrected chi connectivity index (χ1v) is 11.8. The number of rotatable bonds is 6. The molecule has 2 atom stereocenters. The average Bonchev–Trinajstić information content (AvgIpc) is 3.38. The van der Waals surface area contributed by atoms with Gasteiger partial charge in [-0.25, -0.2) is 4.98 Å². The lowest BCUT2D eigenvalue weighted by Gasteiger charge is -2.40. The number of fused-ring (bicyclic) bond motifs is 1. The van der Waals surface area contributed by atoms with Gasteiger partial charge in [-0.1, -0.05) is 45.0 Å². The van der Waals surface area contributed by atoms with E-state index in [0.29, 0.717) is 30.2 Å². The number of ketones is 1. The van der Waals surface area contributed by atoms with Gasteiger partial charge in [0.2, 0.25) is 5.95 Å². The van der Waals surface area contributed by atoms with Crippen LogP contribution in [0.15, 0.2) is 48.5 Å². The highest BCUT2D eigenvalue weighted by Gasteiger charge is 2.47. The average molecular weight is 432 g/mol. The van der Waals surface area contributed by atoms with Gasteiger partial charge in [0, 0.05) is 18.2 Å². The lowest BCUT2D eigenvalue weighted by molar-refractivity contribution is -0.128. The van der Waals surface area contributed by atoms with Crippen molar-refractivity contribution >= 4 is 28.5 Å². The van der Waals surface area contributed by atoms with Crippen molar-refractivity contribution in [2.75, 3.05) is 5.32 Å². The van der Waals surface area contributed by atoms with Crippen LogP contribution in [0.5, 0.6) is 0 Å². The normalized spacial score (nSPS) is 23.8. The van der Waals surface area contributed by atoms with E-state index < -0.39 is 5.60 Å². The van der Waals surface area contributed by atoms with Crippen LogP contribution in [0, 0.1) is 11.3 Å². The lowest BCUT2D eigenvalue weighted by atomic mass is 9.70. The van der Waals surface area contributed by atoms with Crippen molar-refractivity contribution in [3.8, 4) is 0 Å². The standard InChI is InChI=1S/C27H33N3O2/c1-18-14-21(17-26(2,3)16-18)30-23-7-5-4-6-22(23)29-25(30)28-20-10-8-19(9-11-20)15-24(31)27(32)12-13-27/h4-11,18,21,32H,12-17H2,1-3H3,(H,28,29)/t18-,21-/m1/s1. The summed E-state index contributed by atoms with van der Waals surface area (Å²) in [7, 11) is 0. The molecule has 2 N–H and O–H groups in total. The molecule has 2 aliphatic rings. The van der Waals surface area contributed by atoms with E-state index in [2.05, 4.69) is 48.9 Å². The fourth-order valence-corrected chi connectivity index (χ4v) is 5.58. The summed E-state index contributed by atoms with van der Waals surface area (Å²) in [4.78, 5) is 17.1. The first kappa shape index (κ1) is 21.2. The minimum Gasteiger partial charge on any atom is -0.382 e. The first-order valence-electron chi connectivity index (χ1n) is 11.8. The zero-order chi connectivity index (χ0) is 22.5. The lowest BCUT2D eigenvalue weighted by Crippen LogP contribution is -2.29. The smallest absolute Gasteiger partial charge is 0.208 e. The summed E-state index contributed by atoms with van der Waals surface area (Å²) >= 11 is 0. The van der Waals surface area contributed by atoms with E-state index in [9.17, 15) is 9.90 Å². The molecule has 32 heavy (non-hydrogen) atoms. The van der Waals surface area contributed by atoms with Crippen LogP contribution >= 0.6 is 0 Å². The Balaban J connectivity index is 1.42. The molecule has 2 saturated carbocycles. The molecule has 5 heteroatoms. The molecule has 2 fully saturated rings. The van der Waals surface area contributed by atoms with Gasteiger partial charge >= 0.3 is 0 Å². The number of hydrogen-bond acceptors (Lipinski definition) is 4. The summed E-state index contributed by atoms with van der Waals surface area (Å²) in [5, 5.41) is 13.6. The minimum atomic E-state index is -1.06. The quantitative estimate of drug-likeness (QED) is 0.517. The molecule has 0 amide bonds. The van der Waals surface area contributed by atoms with Gasteiger partial charge in [0.1, 0.15) is 5.60 Å². The molecular weight excluding hydrogens is 398 g/mol. The molecule has 0 bridgehead atoms. The van der Waals surface area contributed by atoms with E-state index in [1.807, 2.05) is 30.3 Å². The summed E-state index contributed by atoms with van der Waals surface area (Å²) in [5.41, 5.74) is 3.30. The number of nitrogens with one attached hydrogen (secondary N) is 1. The highest BCUT2D eigenvalue weighted by Crippen LogP contribution is 2.46. The Kier molecular flexibility index (Phi) is 5.12. The van der Waals surface area contributed by atoms with Crippen LogP contribution in [-0.2, 0) is 11.2 Å². The Hall–Kier alpha value is -2.66. The van der Waals surface area contributed by atoms with E-state index in [4.69, 9.17) is 4.98 Å². The number of aromatic nitrogens is 2. The van der Waals surface area contributed by atoms with Gasteiger partial charge in [-0.3, -0.25) is 4.79 Å². The number of carbonyl (C=O) groups excluding carboxylic acids is 1. The molecule has 1 aromatic heterocycles. The van der Waals surface area contributed by atoms with Crippen molar-refractivity contribution in [3.63, 3.8) is 0 Å². The zero-order valence-electron chi connectivity index (χ0n) is 19.3. The third-order valence-corrected chi connectivity index (χ3v) is 7.14. The van der Waals surface area contributed by atoms with Gasteiger partial charge < -0.3 is 15.0 Å². The minimum absolute atomic E-state index is 0.0750. The SMILES string of the molecule is C[C@@H]1C[C@@H](n2c(Nc3ccc(CC(=O)C4(O)CC4)cc3)nc3ccccc32)CC(C)(C)C1. The molecule has 3 aromatic rings. The maximum atomic E-state index is 12.2. The number of nitrogens with zero attached hydrogens (tertiary/aromatic N) is 2. The zero-order valence-corrected chi connectivity index (χ0v) is 19.3. The third-order valence-electron chi connectivity index (χ3n) is 7.14. The number of aliphatic hydroxyl groups is 1. The van der Waals surface area contributed by atoms with Crippen LogP contribution in [0.2, 0.25) is 0 Å². The molecule has 2 aliphatic carbocycles. The van der Waals surface area contributed by atoms with Crippen LogP contribution in [0.4, 0.5) is 11.6 Å². The van der Waals surface area contributed by atoms with E-state index in [1.165, 1.54) is 11.9 Å². The number of hydrogen-bond donors (Lipinski definition) is 2. The summed E-state index contributed by atoms with van der Waals surface area (Å²) in [5.74, 6) is 1.47. The fraction of sp³-hybridized carbons (Fsp3) is 0.481. The van der Waals surface area contributed by atoms with E-state index in [0.717, 1.165) is 35.6 Å². The van der Waals surface area contributed by atoms with E-state index in [-0.39, 0.29) is 12.2 Å². The van der Waals surface area contributed by atoms with Crippen molar-refractivity contribution in [2.24, 2.45) is 11.3 Å². The Bertz CT molecular complexity index is 1140. The predicted molar refractivity (Wildman–Crippen MR) is 128 cm³/mol. The first-order chi connectivity index (χ1) is 15.2. The van der Waals surface area contributed by atoms with Crippen LogP contribution in [-0.4, -0.2) is 26.0 Å². The van der Waals surface area contributed by atoms with Crippen molar-refractivity contribution in [1.29, 1.82) is 0 Å². The molecule has 1 heterocycles. The van der Waals surface area contributed by atoms with Gasteiger partial charge in [-0.15, -0.1) is 0 Å². The molecule has 5 rings (SSSR count). The summed E-state index contributed by atoms with van der Waals surface area (Å²) < 4.78 is 2.40. The van der Waals surface area contributed by atoms with Gasteiger partial charge in [-0.05, 0) is 73.3 Å². The molecule has 5 nitrogen and oxygen atoms in total. The van der Waals surface area contributed by atoms with Crippen molar-refractivity contribution in [2.45, 2.75) is 70.9 Å². The Morgan fingerprint density at radius 1 is 1.12 bits per heavy atom. The molecule has 0 saturated heterocycles. The molecule has 0 aliphatic heterocycles. The van der Waals surface area contributed by atoms with Crippen LogP contribution in [0.1, 0.15) is 64.5 Å². The predicted octanol–water partition coefficient (Wildman–Crippen LogP) is 5.80. The second-order valence-corrected chi connectivity index (χ2v) is 10.8.